The number of rotatable bonds is 6. The molecule has 0 fully saturated rings. The quantitative estimate of drug-likeness (QED) is 0.355. The van der Waals surface area contributed by atoms with Gasteiger partial charge in [0.1, 0.15) is 5.75 Å². The Bertz CT molecular complexity index is 643. The maximum atomic E-state index is 11.2. The van der Waals surface area contributed by atoms with E-state index in [1.54, 1.807) is 18.6 Å². The van der Waals surface area contributed by atoms with Crippen LogP contribution in [0, 0.1) is 10.1 Å². The van der Waals surface area contributed by atoms with Crippen molar-refractivity contribution in [2.75, 3.05) is 12.4 Å². The third-order valence-electron chi connectivity index (χ3n) is 3.35. The van der Waals surface area contributed by atoms with Crippen molar-refractivity contribution in [1.82, 2.24) is 9.55 Å². The predicted molar refractivity (Wildman–Crippen MR) is 79.9 cm³/mol. The van der Waals surface area contributed by atoms with Gasteiger partial charge in [0.2, 0.25) is 0 Å². The maximum Gasteiger partial charge on any atom is 0.283 e. The van der Waals surface area contributed by atoms with E-state index in [9.17, 15) is 10.1 Å². The van der Waals surface area contributed by atoms with Crippen molar-refractivity contribution in [3.63, 3.8) is 0 Å². The fourth-order valence-corrected chi connectivity index (χ4v) is 3.27. The molecular formula is C14H15N3O3S. The fourth-order valence-electron chi connectivity index (χ4n) is 2.30. The maximum absolute atomic E-state index is 11.2. The fraction of sp³-hybridized carbons (Fsp3) is 0.357. The lowest BCUT2D eigenvalue weighted by Crippen LogP contribution is -1.97. The number of nitro groups is 1. The van der Waals surface area contributed by atoms with E-state index in [4.69, 9.17) is 4.74 Å². The SMILES string of the molecule is O=[N+]([O-])c1cc2c(cc1SCCCn1ccnc1)OCC2. The molecule has 0 atom stereocenters. The van der Waals surface area contributed by atoms with Crippen molar-refractivity contribution in [2.45, 2.75) is 24.3 Å². The van der Waals surface area contributed by atoms with Gasteiger partial charge in [0.05, 0.1) is 22.8 Å². The van der Waals surface area contributed by atoms with Gasteiger partial charge in [0, 0.05) is 43.1 Å². The van der Waals surface area contributed by atoms with Crippen LogP contribution in [0.25, 0.3) is 0 Å². The molecule has 1 aliphatic heterocycles. The van der Waals surface area contributed by atoms with Crippen LogP contribution in [-0.2, 0) is 13.0 Å². The van der Waals surface area contributed by atoms with Gasteiger partial charge < -0.3 is 9.30 Å². The van der Waals surface area contributed by atoms with Crippen LogP contribution in [0.5, 0.6) is 5.75 Å². The van der Waals surface area contributed by atoms with Gasteiger partial charge in [-0.05, 0) is 12.2 Å². The molecule has 21 heavy (non-hydrogen) atoms. The van der Waals surface area contributed by atoms with E-state index in [1.807, 2.05) is 16.8 Å². The van der Waals surface area contributed by atoms with Crippen LogP contribution in [0.3, 0.4) is 0 Å². The normalized spacial score (nSPS) is 13.0. The number of nitrogens with zero attached hydrogens (tertiary/aromatic N) is 3. The lowest BCUT2D eigenvalue weighted by Gasteiger charge is -2.06. The molecule has 110 valence electrons. The second-order valence-electron chi connectivity index (χ2n) is 4.79. The molecule has 0 amide bonds. The minimum atomic E-state index is -0.309. The van der Waals surface area contributed by atoms with Crippen molar-refractivity contribution in [2.24, 2.45) is 0 Å². The highest BCUT2D eigenvalue weighted by molar-refractivity contribution is 7.99. The molecule has 1 aliphatic rings. The Labute approximate surface area is 126 Å². The average molecular weight is 305 g/mol. The molecule has 0 saturated heterocycles. The third kappa shape index (κ3) is 3.18. The molecule has 2 heterocycles. The first kappa shape index (κ1) is 13.9. The summed E-state index contributed by atoms with van der Waals surface area (Å²) in [6.07, 6.45) is 7.11. The summed E-state index contributed by atoms with van der Waals surface area (Å²) < 4.78 is 7.49. The molecule has 3 rings (SSSR count). The molecule has 6 nitrogen and oxygen atoms in total. The second-order valence-corrected chi connectivity index (χ2v) is 5.92. The Kier molecular flexibility index (Phi) is 4.10. The number of thioether (sulfide) groups is 1. The molecule has 0 radical (unpaired) electrons. The van der Waals surface area contributed by atoms with E-state index >= 15 is 0 Å². The zero-order valence-corrected chi connectivity index (χ0v) is 12.2. The molecule has 1 aromatic heterocycles. The number of fused-ring (bicyclic) bond motifs is 1. The molecule has 2 aromatic rings. The summed E-state index contributed by atoms with van der Waals surface area (Å²) in [6, 6.07) is 3.46. The third-order valence-corrected chi connectivity index (χ3v) is 4.48. The van der Waals surface area contributed by atoms with Gasteiger partial charge in [-0.15, -0.1) is 11.8 Å². The average Bonchev–Trinajstić information content (AvgIpc) is 3.13. The molecule has 0 bridgehead atoms. The van der Waals surface area contributed by atoms with E-state index in [-0.39, 0.29) is 10.6 Å². The van der Waals surface area contributed by atoms with E-state index in [2.05, 4.69) is 4.98 Å². The Morgan fingerprint density at radius 2 is 2.38 bits per heavy atom. The summed E-state index contributed by atoms with van der Waals surface area (Å²) in [4.78, 5) is 15.5. The summed E-state index contributed by atoms with van der Waals surface area (Å²) in [5.74, 6) is 1.61. The van der Waals surface area contributed by atoms with E-state index < -0.39 is 0 Å². The summed E-state index contributed by atoms with van der Waals surface area (Å²) in [6.45, 7) is 1.48. The van der Waals surface area contributed by atoms with Gasteiger partial charge in [-0.1, -0.05) is 0 Å². The smallest absolute Gasteiger partial charge is 0.283 e. The molecule has 0 spiro atoms. The van der Waals surface area contributed by atoms with Gasteiger partial charge in [-0.25, -0.2) is 4.98 Å². The Balaban J connectivity index is 1.65. The highest BCUT2D eigenvalue weighted by atomic mass is 32.2. The molecule has 0 N–H and O–H groups in total. The van der Waals surface area contributed by atoms with E-state index in [0.29, 0.717) is 11.5 Å². The number of imidazole rings is 1. The molecule has 0 aliphatic carbocycles. The first-order chi connectivity index (χ1) is 10.2. The number of hydrogen-bond donors (Lipinski definition) is 0. The topological polar surface area (TPSA) is 70.2 Å². The van der Waals surface area contributed by atoms with Crippen LogP contribution in [0.15, 0.2) is 35.7 Å². The van der Waals surface area contributed by atoms with Crippen LogP contribution >= 0.6 is 11.8 Å². The molecule has 7 heteroatoms. The molecule has 0 saturated carbocycles. The number of nitro benzene ring substituents is 1. The van der Waals surface area contributed by atoms with Crippen LogP contribution in [-0.4, -0.2) is 26.8 Å². The standard InChI is InChI=1S/C14H15N3O3S/c18-17(19)12-8-11-2-6-20-13(11)9-14(12)21-7-1-4-16-5-3-15-10-16/h3,5,8-10H,1-2,4,6-7H2. The van der Waals surface area contributed by atoms with Gasteiger partial charge in [-0.2, -0.15) is 0 Å². The summed E-state index contributed by atoms with van der Waals surface area (Å²) in [7, 11) is 0. The number of aryl methyl sites for hydroxylation is 1. The predicted octanol–water partition coefficient (Wildman–Crippen LogP) is 2.91. The highest BCUT2D eigenvalue weighted by Crippen LogP contribution is 2.38. The van der Waals surface area contributed by atoms with Gasteiger partial charge >= 0.3 is 0 Å². The first-order valence-electron chi connectivity index (χ1n) is 6.76. The minimum absolute atomic E-state index is 0.187. The Morgan fingerprint density at radius 3 is 3.14 bits per heavy atom. The van der Waals surface area contributed by atoms with E-state index in [0.717, 1.165) is 36.5 Å². The van der Waals surface area contributed by atoms with E-state index in [1.165, 1.54) is 11.8 Å². The lowest BCUT2D eigenvalue weighted by atomic mass is 10.1. The minimum Gasteiger partial charge on any atom is -0.493 e. The van der Waals surface area contributed by atoms with Gasteiger partial charge in [-0.3, -0.25) is 10.1 Å². The van der Waals surface area contributed by atoms with Crippen LogP contribution in [0.1, 0.15) is 12.0 Å². The summed E-state index contributed by atoms with van der Waals surface area (Å²) >= 11 is 1.51. The van der Waals surface area contributed by atoms with Crippen molar-refractivity contribution >= 4 is 17.4 Å². The Hall–Kier alpha value is -2.02. The first-order valence-corrected chi connectivity index (χ1v) is 7.75. The molecular weight excluding hydrogens is 290 g/mol. The zero-order valence-electron chi connectivity index (χ0n) is 11.4. The Morgan fingerprint density at radius 1 is 1.48 bits per heavy atom. The lowest BCUT2D eigenvalue weighted by molar-refractivity contribution is -0.387. The van der Waals surface area contributed by atoms with Crippen molar-refractivity contribution < 1.29 is 9.66 Å². The van der Waals surface area contributed by atoms with Crippen molar-refractivity contribution in [1.29, 1.82) is 0 Å². The number of hydrogen-bond acceptors (Lipinski definition) is 5. The summed E-state index contributed by atoms with van der Waals surface area (Å²) in [5, 5.41) is 11.2. The monoisotopic (exact) mass is 305 g/mol. The van der Waals surface area contributed by atoms with Crippen LogP contribution in [0.2, 0.25) is 0 Å². The largest absolute Gasteiger partial charge is 0.493 e. The number of aromatic nitrogens is 2. The van der Waals surface area contributed by atoms with Gasteiger partial charge in [0.25, 0.3) is 5.69 Å². The summed E-state index contributed by atoms with van der Waals surface area (Å²) in [5.41, 5.74) is 1.12. The highest BCUT2D eigenvalue weighted by Gasteiger charge is 2.22. The molecule has 0 unspecified atom stereocenters. The van der Waals surface area contributed by atoms with Crippen LogP contribution in [0.4, 0.5) is 5.69 Å². The number of ether oxygens (including phenoxy) is 1. The zero-order chi connectivity index (χ0) is 14.7. The second kappa shape index (κ2) is 6.17. The number of benzene rings is 1. The van der Waals surface area contributed by atoms with Gasteiger partial charge in [0.15, 0.2) is 0 Å². The molecule has 1 aromatic carbocycles. The van der Waals surface area contributed by atoms with Crippen LogP contribution < -0.4 is 4.74 Å². The van der Waals surface area contributed by atoms with Crippen molar-refractivity contribution in [3.8, 4) is 5.75 Å². The van der Waals surface area contributed by atoms with Crippen molar-refractivity contribution in [3.05, 3.63) is 46.5 Å².